The van der Waals surface area contributed by atoms with Crippen molar-refractivity contribution in [2.75, 3.05) is 26.2 Å². The van der Waals surface area contributed by atoms with Crippen LogP contribution >= 0.6 is 23.2 Å². The van der Waals surface area contributed by atoms with Gasteiger partial charge in [-0.15, -0.1) is 0 Å². The molecule has 0 unspecified atom stereocenters. The summed E-state index contributed by atoms with van der Waals surface area (Å²) >= 11 is 12.3. The fourth-order valence-electron chi connectivity index (χ4n) is 4.72. The highest BCUT2D eigenvalue weighted by Crippen LogP contribution is 2.34. The number of hydrogen-bond donors (Lipinski definition) is 1. The number of rotatable bonds is 5. The van der Waals surface area contributed by atoms with E-state index in [2.05, 4.69) is 20.1 Å². The van der Waals surface area contributed by atoms with Gasteiger partial charge in [0.15, 0.2) is 0 Å². The number of H-pyrrole nitrogens is 1. The summed E-state index contributed by atoms with van der Waals surface area (Å²) in [5.74, 6) is 1.00. The van der Waals surface area contributed by atoms with Crippen molar-refractivity contribution in [1.29, 1.82) is 0 Å². The minimum Gasteiger partial charge on any atom is -0.340 e. The first-order chi connectivity index (χ1) is 15.1. The molecule has 2 aliphatic rings. The van der Waals surface area contributed by atoms with Gasteiger partial charge < -0.3 is 14.8 Å². The predicted octanol–water partition coefficient (Wildman–Crippen LogP) is 3.85. The second-order valence-corrected chi connectivity index (χ2v) is 9.14. The molecule has 0 radical (unpaired) electrons. The molecule has 10 heteroatoms. The van der Waals surface area contributed by atoms with E-state index in [1.54, 1.807) is 24.5 Å². The quantitative estimate of drug-likeness (QED) is 0.623. The number of imidazole rings is 1. The topological polar surface area (TPSA) is 82.9 Å². The summed E-state index contributed by atoms with van der Waals surface area (Å²) in [6.45, 7) is 3.49. The first-order valence-corrected chi connectivity index (χ1v) is 11.6. The molecule has 2 aromatic heterocycles. The van der Waals surface area contributed by atoms with Gasteiger partial charge in [-0.2, -0.15) is 15.0 Å². The van der Waals surface area contributed by atoms with E-state index in [0.717, 1.165) is 68.7 Å². The van der Waals surface area contributed by atoms with Crippen LogP contribution < -0.4 is 0 Å². The molecule has 3 aromatic rings. The zero-order valence-electron chi connectivity index (χ0n) is 17.2. The van der Waals surface area contributed by atoms with Crippen LogP contribution in [-0.2, 0) is 4.79 Å². The van der Waals surface area contributed by atoms with Crippen LogP contribution in [0.15, 0.2) is 24.5 Å². The SMILES string of the molecule is O=C(CCN1CCC(n2nccn2)CC1)N1CCC[C@H]1c1nc2cc(Cl)c(Cl)cc2[nH]1. The number of aromatic amines is 1. The van der Waals surface area contributed by atoms with Crippen LogP contribution in [0.5, 0.6) is 0 Å². The van der Waals surface area contributed by atoms with E-state index in [1.807, 2.05) is 9.70 Å². The van der Waals surface area contributed by atoms with Gasteiger partial charge in [-0.3, -0.25) is 4.79 Å². The van der Waals surface area contributed by atoms with Crippen molar-refractivity contribution >= 4 is 40.1 Å². The van der Waals surface area contributed by atoms with Crippen LogP contribution in [0.25, 0.3) is 11.0 Å². The van der Waals surface area contributed by atoms with E-state index >= 15 is 0 Å². The van der Waals surface area contributed by atoms with Crippen LogP contribution in [0.3, 0.4) is 0 Å². The molecule has 0 aliphatic carbocycles. The second kappa shape index (κ2) is 8.76. The van der Waals surface area contributed by atoms with Gasteiger partial charge >= 0.3 is 0 Å². The summed E-state index contributed by atoms with van der Waals surface area (Å²) in [5, 5.41) is 9.49. The minimum absolute atomic E-state index is 0.0194. The number of carbonyl (C=O) groups excluding carboxylic acids is 1. The molecule has 2 fully saturated rings. The summed E-state index contributed by atoms with van der Waals surface area (Å²) < 4.78 is 0. The number of likely N-dealkylation sites (tertiary alicyclic amines) is 2. The van der Waals surface area contributed by atoms with Gasteiger partial charge in [0.05, 0.1) is 45.6 Å². The molecule has 2 saturated heterocycles. The van der Waals surface area contributed by atoms with Crippen molar-refractivity contribution in [3.8, 4) is 0 Å². The Labute approximate surface area is 190 Å². The summed E-state index contributed by atoms with van der Waals surface area (Å²) in [4.78, 5) is 27.2. The Kier molecular flexibility index (Phi) is 5.86. The molecule has 5 rings (SSSR count). The average molecular weight is 462 g/mol. The fourth-order valence-corrected chi connectivity index (χ4v) is 5.04. The molecule has 1 N–H and O–H groups in total. The second-order valence-electron chi connectivity index (χ2n) is 8.32. The van der Waals surface area contributed by atoms with Crippen molar-refractivity contribution in [2.45, 2.75) is 44.2 Å². The number of hydrogen-bond acceptors (Lipinski definition) is 5. The lowest BCUT2D eigenvalue weighted by Gasteiger charge is -2.32. The number of piperidine rings is 1. The molecule has 4 heterocycles. The third-order valence-electron chi connectivity index (χ3n) is 6.39. The van der Waals surface area contributed by atoms with E-state index in [0.29, 0.717) is 22.5 Å². The highest BCUT2D eigenvalue weighted by atomic mass is 35.5. The Balaban J connectivity index is 1.19. The third kappa shape index (κ3) is 4.29. The van der Waals surface area contributed by atoms with E-state index < -0.39 is 0 Å². The fraction of sp³-hybridized carbons (Fsp3) is 0.524. The zero-order valence-corrected chi connectivity index (χ0v) is 18.7. The third-order valence-corrected chi connectivity index (χ3v) is 7.12. The Bertz CT molecular complexity index is 1020. The van der Waals surface area contributed by atoms with Gasteiger partial charge in [0.2, 0.25) is 5.91 Å². The van der Waals surface area contributed by atoms with Crippen LogP contribution in [0.1, 0.15) is 50.0 Å². The first kappa shape index (κ1) is 20.7. The number of benzene rings is 1. The Morgan fingerprint density at radius 1 is 1.06 bits per heavy atom. The molecule has 0 spiro atoms. The summed E-state index contributed by atoms with van der Waals surface area (Å²) in [6, 6.07) is 3.90. The summed E-state index contributed by atoms with van der Waals surface area (Å²) in [6.07, 6.45) is 7.90. The van der Waals surface area contributed by atoms with Crippen molar-refractivity contribution < 1.29 is 4.79 Å². The average Bonchev–Trinajstić information content (AvgIpc) is 3.53. The monoisotopic (exact) mass is 461 g/mol. The van der Waals surface area contributed by atoms with Crippen molar-refractivity contribution in [1.82, 2.24) is 34.8 Å². The normalized spacial score (nSPS) is 20.7. The van der Waals surface area contributed by atoms with Gasteiger partial charge in [0, 0.05) is 32.6 Å². The first-order valence-electron chi connectivity index (χ1n) is 10.8. The number of amides is 1. The zero-order chi connectivity index (χ0) is 21.4. The maximum Gasteiger partial charge on any atom is 0.224 e. The minimum atomic E-state index is -0.0194. The van der Waals surface area contributed by atoms with Gasteiger partial charge in [-0.05, 0) is 37.8 Å². The van der Waals surface area contributed by atoms with Crippen molar-refractivity contribution in [3.05, 3.63) is 40.4 Å². The molecule has 1 aromatic carbocycles. The number of carbonyl (C=O) groups is 1. The van der Waals surface area contributed by atoms with E-state index in [-0.39, 0.29) is 11.9 Å². The number of fused-ring (bicyclic) bond motifs is 1. The number of aromatic nitrogens is 5. The smallest absolute Gasteiger partial charge is 0.224 e. The van der Waals surface area contributed by atoms with E-state index in [1.165, 1.54) is 0 Å². The maximum absolute atomic E-state index is 13.0. The molecule has 164 valence electrons. The van der Waals surface area contributed by atoms with E-state index in [9.17, 15) is 4.79 Å². The van der Waals surface area contributed by atoms with Crippen LogP contribution in [-0.4, -0.2) is 66.8 Å². The number of nitrogens with one attached hydrogen (secondary N) is 1. The Morgan fingerprint density at radius 2 is 1.81 bits per heavy atom. The molecular weight excluding hydrogens is 437 g/mol. The lowest BCUT2D eigenvalue weighted by molar-refractivity contribution is -0.132. The largest absolute Gasteiger partial charge is 0.340 e. The molecule has 8 nitrogen and oxygen atoms in total. The summed E-state index contributed by atoms with van der Waals surface area (Å²) in [5.41, 5.74) is 1.62. The van der Waals surface area contributed by atoms with Crippen molar-refractivity contribution in [2.24, 2.45) is 0 Å². The van der Waals surface area contributed by atoms with E-state index in [4.69, 9.17) is 28.2 Å². The molecule has 31 heavy (non-hydrogen) atoms. The van der Waals surface area contributed by atoms with Gasteiger partial charge in [-0.25, -0.2) is 4.98 Å². The lowest BCUT2D eigenvalue weighted by atomic mass is 10.1. The van der Waals surface area contributed by atoms with Gasteiger partial charge in [0.25, 0.3) is 0 Å². The molecular formula is C21H25Cl2N7O. The Morgan fingerprint density at radius 3 is 2.58 bits per heavy atom. The van der Waals surface area contributed by atoms with Crippen LogP contribution in [0.4, 0.5) is 0 Å². The summed E-state index contributed by atoms with van der Waals surface area (Å²) in [7, 11) is 0. The van der Waals surface area contributed by atoms with Crippen molar-refractivity contribution in [3.63, 3.8) is 0 Å². The molecule has 0 bridgehead atoms. The standard InChI is InChI=1S/C21H25Cl2N7O/c22-15-12-17-18(13-16(15)23)27-21(26-17)19-2-1-8-29(19)20(31)5-11-28-9-3-14(4-10-28)30-24-6-7-25-30/h6-7,12-14,19H,1-5,8-11H2,(H,26,27)/t19-/m0/s1. The van der Waals surface area contributed by atoms with Crippen LogP contribution in [0.2, 0.25) is 10.0 Å². The van der Waals surface area contributed by atoms with Gasteiger partial charge in [0.1, 0.15) is 5.82 Å². The molecule has 2 aliphatic heterocycles. The molecule has 0 saturated carbocycles. The number of nitrogens with zero attached hydrogens (tertiary/aromatic N) is 6. The van der Waals surface area contributed by atoms with Crippen LogP contribution in [0, 0.1) is 0 Å². The number of halogens is 2. The predicted molar refractivity (Wildman–Crippen MR) is 119 cm³/mol. The highest BCUT2D eigenvalue weighted by Gasteiger charge is 2.32. The highest BCUT2D eigenvalue weighted by molar-refractivity contribution is 6.42. The maximum atomic E-state index is 13.0. The van der Waals surface area contributed by atoms with Gasteiger partial charge in [-0.1, -0.05) is 23.2 Å². The molecule has 1 amide bonds. The lowest BCUT2D eigenvalue weighted by Crippen LogP contribution is -2.39. The molecule has 1 atom stereocenters. The Hall–Kier alpha value is -2.16.